The lowest BCUT2D eigenvalue weighted by Gasteiger charge is -2.21. The molecule has 0 unspecified atom stereocenters. The number of carbonyl (C=O) groups is 1. The van der Waals surface area contributed by atoms with Crippen LogP contribution < -0.4 is 0 Å². The highest BCUT2D eigenvalue weighted by molar-refractivity contribution is 5.75. The van der Waals surface area contributed by atoms with E-state index in [0.717, 1.165) is 57.8 Å². The number of hydrogen-bond donors (Lipinski definition) is 0. The highest BCUT2D eigenvalue weighted by Crippen LogP contribution is 2.25. The molecule has 2 heteroatoms. The molecular weight excluding hydrogens is 368 g/mol. The van der Waals surface area contributed by atoms with Crippen molar-refractivity contribution in [1.82, 2.24) is 0 Å². The van der Waals surface area contributed by atoms with Gasteiger partial charge < -0.3 is 4.74 Å². The van der Waals surface area contributed by atoms with Gasteiger partial charge in [0.1, 0.15) is 0 Å². The number of rotatable bonds is 17. The van der Waals surface area contributed by atoms with Gasteiger partial charge in [-0.3, -0.25) is 4.79 Å². The Morgan fingerprint density at radius 1 is 0.667 bits per heavy atom. The molecule has 0 aromatic rings. The van der Waals surface area contributed by atoms with Gasteiger partial charge in [-0.25, -0.2) is 0 Å². The molecule has 0 saturated carbocycles. The summed E-state index contributed by atoms with van der Waals surface area (Å²) in [5.41, 5.74) is -0.381. The summed E-state index contributed by atoms with van der Waals surface area (Å²) >= 11 is 0. The molecule has 0 rings (SSSR count). The summed E-state index contributed by atoms with van der Waals surface area (Å²) in [4.78, 5) is 11.8. The average Bonchev–Trinajstić information content (AvgIpc) is 2.72. The van der Waals surface area contributed by atoms with E-state index in [1.54, 1.807) is 0 Å². The van der Waals surface area contributed by atoms with Crippen molar-refractivity contribution in [3.63, 3.8) is 0 Å². The quantitative estimate of drug-likeness (QED) is 0.136. The molecule has 0 heterocycles. The second-order valence-electron chi connectivity index (χ2n) is 7.91. The largest absolute Gasteiger partial charge is 0.466 e. The highest BCUT2D eigenvalue weighted by atomic mass is 16.5. The third-order valence-electron chi connectivity index (χ3n) is 4.60. The number of unbranched alkanes of at least 4 members (excludes halogenated alkanes) is 1. The first-order valence-electron chi connectivity index (χ1n) is 11.6. The van der Waals surface area contributed by atoms with Crippen molar-refractivity contribution in [2.75, 3.05) is 6.61 Å². The van der Waals surface area contributed by atoms with Crippen LogP contribution in [0.5, 0.6) is 0 Å². The number of allylic oxidation sites excluding steroid dienone is 12. The Kier molecular flexibility index (Phi) is 18.8. The Balaban J connectivity index is 3.69. The molecule has 0 radical (unpaired) electrons. The third-order valence-corrected chi connectivity index (χ3v) is 4.60. The molecule has 0 aliphatic carbocycles. The van der Waals surface area contributed by atoms with Crippen LogP contribution in [0.15, 0.2) is 72.9 Å². The third kappa shape index (κ3) is 18.0. The minimum Gasteiger partial charge on any atom is -0.466 e. The maximum Gasteiger partial charge on any atom is 0.311 e. The molecule has 168 valence electrons. The topological polar surface area (TPSA) is 26.3 Å². The van der Waals surface area contributed by atoms with Crippen LogP contribution in [0.2, 0.25) is 0 Å². The first kappa shape index (κ1) is 27.9. The fraction of sp³-hybridized carbons (Fsp3) is 0.536. The molecule has 0 amide bonds. The van der Waals surface area contributed by atoms with Crippen molar-refractivity contribution in [3.8, 4) is 0 Å². The van der Waals surface area contributed by atoms with E-state index in [0.29, 0.717) is 6.61 Å². The van der Waals surface area contributed by atoms with Crippen molar-refractivity contribution >= 4 is 5.97 Å². The van der Waals surface area contributed by atoms with E-state index in [9.17, 15) is 4.79 Å². The van der Waals surface area contributed by atoms with E-state index in [2.05, 4.69) is 79.8 Å². The lowest BCUT2D eigenvalue weighted by Crippen LogP contribution is -2.26. The Bertz CT molecular complexity index is 586. The predicted octanol–water partition coefficient (Wildman–Crippen LogP) is 8.44. The second-order valence-corrected chi connectivity index (χ2v) is 7.91. The van der Waals surface area contributed by atoms with Gasteiger partial charge in [0.2, 0.25) is 0 Å². The molecule has 0 aromatic heterocycles. The number of esters is 1. The molecule has 0 bridgehead atoms. The van der Waals surface area contributed by atoms with Crippen LogP contribution >= 0.6 is 0 Å². The van der Waals surface area contributed by atoms with Crippen LogP contribution in [-0.2, 0) is 9.53 Å². The van der Waals surface area contributed by atoms with Crippen LogP contribution in [0.1, 0.15) is 85.5 Å². The molecule has 0 spiro atoms. The van der Waals surface area contributed by atoms with Crippen molar-refractivity contribution < 1.29 is 9.53 Å². The monoisotopic (exact) mass is 412 g/mol. The second kappa shape index (κ2) is 20.2. The molecular formula is C28H44O2. The summed E-state index contributed by atoms with van der Waals surface area (Å²) in [5.74, 6) is -0.0900. The minimum atomic E-state index is -0.381. The Labute approximate surface area is 186 Å². The first-order valence-corrected chi connectivity index (χ1v) is 11.6. The predicted molar refractivity (Wildman–Crippen MR) is 132 cm³/mol. The molecule has 0 aliphatic rings. The van der Waals surface area contributed by atoms with Crippen LogP contribution in [0.4, 0.5) is 0 Å². The fourth-order valence-electron chi connectivity index (χ4n) is 2.73. The van der Waals surface area contributed by atoms with Crippen LogP contribution in [0.25, 0.3) is 0 Å². The molecule has 30 heavy (non-hydrogen) atoms. The fourth-order valence-corrected chi connectivity index (χ4v) is 2.73. The van der Waals surface area contributed by atoms with Crippen LogP contribution in [0, 0.1) is 5.41 Å². The zero-order chi connectivity index (χ0) is 22.3. The van der Waals surface area contributed by atoms with Crippen molar-refractivity contribution in [1.29, 1.82) is 0 Å². The van der Waals surface area contributed by atoms with Crippen LogP contribution in [-0.4, -0.2) is 12.6 Å². The maximum atomic E-state index is 11.8. The van der Waals surface area contributed by atoms with Gasteiger partial charge >= 0.3 is 5.97 Å². The van der Waals surface area contributed by atoms with Crippen molar-refractivity contribution in [2.45, 2.75) is 85.5 Å². The number of hydrogen-bond acceptors (Lipinski definition) is 2. The Morgan fingerprint density at radius 3 is 1.47 bits per heavy atom. The molecule has 0 saturated heterocycles. The number of ether oxygens (including phenoxy) is 1. The van der Waals surface area contributed by atoms with E-state index in [1.807, 2.05) is 20.8 Å². The summed E-state index contributed by atoms with van der Waals surface area (Å²) < 4.78 is 5.12. The molecule has 0 aromatic carbocycles. The molecule has 0 atom stereocenters. The van der Waals surface area contributed by atoms with Crippen LogP contribution in [0.3, 0.4) is 0 Å². The van der Waals surface area contributed by atoms with Gasteiger partial charge in [0.05, 0.1) is 12.0 Å². The van der Waals surface area contributed by atoms with Crippen molar-refractivity contribution in [2.24, 2.45) is 5.41 Å². The van der Waals surface area contributed by atoms with E-state index >= 15 is 0 Å². The molecule has 2 nitrogen and oxygen atoms in total. The zero-order valence-corrected chi connectivity index (χ0v) is 19.8. The van der Waals surface area contributed by atoms with Gasteiger partial charge in [0.25, 0.3) is 0 Å². The smallest absolute Gasteiger partial charge is 0.311 e. The average molecular weight is 413 g/mol. The summed E-state index contributed by atoms with van der Waals surface area (Å²) in [6.45, 7) is 8.39. The number of carbonyl (C=O) groups excluding carboxylic acids is 1. The van der Waals surface area contributed by atoms with Gasteiger partial charge in [-0.2, -0.15) is 0 Å². The van der Waals surface area contributed by atoms with Gasteiger partial charge in [-0.15, -0.1) is 0 Å². The lowest BCUT2D eigenvalue weighted by molar-refractivity contribution is -0.153. The Morgan fingerprint density at radius 2 is 1.07 bits per heavy atom. The summed E-state index contributed by atoms with van der Waals surface area (Å²) in [6, 6.07) is 0. The maximum absolute atomic E-state index is 11.8. The lowest BCUT2D eigenvalue weighted by atomic mass is 9.87. The Hall–Kier alpha value is -2.09. The zero-order valence-electron chi connectivity index (χ0n) is 19.8. The standard InChI is InChI=1S/C28H44O2/c1-5-7-8-9-10-11-12-13-14-15-16-17-18-19-20-21-22-23-24-25-26-28(3,4)27(29)30-6-2/h7-8,10-11,13-14,16-17,19-20,22-23H,5-6,9,12,15,18,21,24-26H2,1-4H3. The normalized spacial score (nSPS) is 13.3. The van der Waals surface area contributed by atoms with Gasteiger partial charge in [0.15, 0.2) is 0 Å². The summed E-state index contributed by atoms with van der Waals surface area (Å²) in [7, 11) is 0. The van der Waals surface area contributed by atoms with Crippen molar-refractivity contribution in [3.05, 3.63) is 72.9 Å². The summed E-state index contributed by atoms with van der Waals surface area (Å²) in [5, 5.41) is 0. The molecule has 0 N–H and O–H groups in total. The van der Waals surface area contributed by atoms with E-state index in [1.165, 1.54) is 0 Å². The highest BCUT2D eigenvalue weighted by Gasteiger charge is 2.28. The van der Waals surface area contributed by atoms with Gasteiger partial charge in [0, 0.05) is 0 Å². The summed E-state index contributed by atoms with van der Waals surface area (Å²) in [6.07, 6.45) is 35.5. The van der Waals surface area contributed by atoms with E-state index in [-0.39, 0.29) is 11.4 Å². The molecule has 0 fully saturated rings. The first-order chi connectivity index (χ1) is 14.5. The SMILES string of the molecule is CCC=CCC=CCC=CCC=CCC=CCC=CCCCC(C)(C)C(=O)OCC. The van der Waals surface area contributed by atoms with Gasteiger partial charge in [-0.05, 0) is 78.6 Å². The van der Waals surface area contributed by atoms with Gasteiger partial charge in [-0.1, -0.05) is 79.8 Å². The van der Waals surface area contributed by atoms with E-state index in [4.69, 9.17) is 4.74 Å². The molecule has 0 aliphatic heterocycles. The van der Waals surface area contributed by atoms with E-state index < -0.39 is 0 Å². The minimum absolute atomic E-state index is 0.0900.